The molecule has 0 unspecified atom stereocenters. The Morgan fingerprint density at radius 2 is 1.89 bits per heavy atom. The summed E-state index contributed by atoms with van der Waals surface area (Å²) in [6, 6.07) is 13.6. The Kier molecular flexibility index (Phi) is 6.93. The zero-order chi connectivity index (χ0) is 19.9. The average Bonchev–Trinajstić information content (AvgIpc) is 2.73. The second-order valence-corrected chi connectivity index (χ2v) is 7.38. The fourth-order valence-electron chi connectivity index (χ4n) is 3.93. The predicted octanol–water partition coefficient (Wildman–Crippen LogP) is 4.13. The topological polar surface area (TPSA) is 64.8 Å². The molecule has 0 amide bonds. The second-order valence-electron chi connectivity index (χ2n) is 7.38. The minimum absolute atomic E-state index is 0.120. The molecule has 2 aromatic carbocycles. The van der Waals surface area contributed by atoms with Crippen LogP contribution in [0.3, 0.4) is 0 Å². The normalized spacial score (nSPS) is 15.4. The molecule has 1 heterocycles. The first-order valence-corrected chi connectivity index (χ1v) is 9.93. The maximum Gasteiger partial charge on any atom is 0.166 e. The van der Waals surface area contributed by atoms with Crippen LogP contribution < -0.4 is 15.2 Å². The number of nitrogens with two attached hydrogens (primary N) is 1. The number of anilines is 1. The van der Waals surface area contributed by atoms with Crippen molar-refractivity contribution in [1.29, 1.82) is 0 Å². The number of benzene rings is 2. The lowest BCUT2D eigenvalue weighted by Gasteiger charge is -2.32. The highest BCUT2D eigenvalue weighted by molar-refractivity contribution is 5.98. The fraction of sp³-hybridized carbons (Fsp3) is 0.435. The van der Waals surface area contributed by atoms with E-state index in [-0.39, 0.29) is 5.78 Å². The number of hydrogen-bond donors (Lipinski definition) is 1. The van der Waals surface area contributed by atoms with E-state index in [2.05, 4.69) is 17.0 Å². The number of carbonyl (C=O) groups excluding carboxylic acids is 1. The third-order valence-corrected chi connectivity index (χ3v) is 5.56. The lowest BCUT2D eigenvalue weighted by atomic mass is 9.89. The molecule has 3 rings (SSSR count). The van der Waals surface area contributed by atoms with Gasteiger partial charge in [0.15, 0.2) is 5.78 Å². The first-order valence-electron chi connectivity index (χ1n) is 9.93. The number of rotatable bonds is 8. The summed E-state index contributed by atoms with van der Waals surface area (Å²) in [5.74, 6) is 1.97. The second kappa shape index (κ2) is 9.60. The monoisotopic (exact) mass is 382 g/mol. The first kappa shape index (κ1) is 20.2. The number of piperidine rings is 1. The quantitative estimate of drug-likeness (QED) is 0.549. The highest BCUT2D eigenvalue weighted by Gasteiger charge is 2.21. The van der Waals surface area contributed by atoms with E-state index in [1.807, 2.05) is 12.1 Å². The Hall–Kier alpha value is -2.53. The molecule has 1 aliphatic heterocycles. The standard InChI is InChI=1S/C23H30N2O3/c1-27-20-8-9-21(23(16-20)28-2)22(26)7-4-12-25-13-10-17(11-14-25)18-5-3-6-19(24)15-18/h3,5-6,8-9,15-17H,4,7,10-14,24H2,1-2H3. The highest BCUT2D eigenvalue weighted by atomic mass is 16.5. The molecule has 0 aromatic heterocycles. The third-order valence-electron chi connectivity index (χ3n) is 5.56. The molecule has 1 saturated heterocycles. The van der Waals surface area contributed by atoms with Gasteiger partial charge >= 0.3 is 0 Å². The average molecular weight is 383 g/mol. The van der Waals surface area contributed by atoms with Crippen molar-refractivity contribution < 1.29 is 14.3 Å². The van der Waals surface area contributed by atoms with Crippen LogP contribution in [0.4, 0.5) is 5.69 Å². The van der Waals surface area contributed by atoms with E-state index in [0.29, 0.717) is 29.4 Å². The fourth-order valence-corrected chi connectivity index (χ4v) is 3.93. The molecule has 0 aliphatic carbocycles. The van der Waals surface area contributed by atoms with Crippen molar-refractivity contribution in [3.63, 3.8) is 0 Å². The van der Waals surface area contributed by atoms with E-state index in [1.165, 1.54) is 5.56 Å². The summed E-state index contributed by atoms with van der Waals surface area (Å²) in [5.41, 5.74) is 8.73. The summed E-state index contributed by atoms with van der Waals surface area (Å²) in [6.07, 6.45) is 3.67. The number of carbonyl (C=O) groups is 1. The van der Waals surface area contributed by atoms with Crippen molar-refractivity contribution in [2.45, 2.75) is 31.6 Å². The number of likely N-dealkylation sites (tertiary alicyclic amines) is 1. The summed E-state index contributed by atoms with van der Waals surface area (Å²) in [4.78, 5) is 15.0. The highest BCUT2D eigenvalue weighted by Crippen LogP contribution is 2.29. The van der Waals surface area contributed by atoms with Crippen LogP contribution in [0.2, 0.25) is 0 Å². The van der Waals surface area contributed by atoms with Crippen LogP contribution >= 0.6 is 0 Å². The molecule has 150 valence electrons. The number of methoxy groups -OCH3 is 2. The van der Waals surface area contributed by atoms with Crippen LogP contribution in [-0.4, -0.2) is 44.5 Å². The molecular formula is C23H30N2O3. The largest absolute Gasteiger partial charge is 0.497 e. The molecule has 1 fully saturated rings. The number of ether oxygens (including phenoxy) is 2. The van der Waals surface area contributed by atoms with Crippen LogP contribution in [0.25, 0.3) is 0 Å². The molecule has 5 nitrogen and oxygen atoms in total. The van der Waals surface area contributed by atoms with Crippen molar-refractivity contribution in [1.82, 2.24) is 4.90 Å². The molecule has 0 radical (unpaired) electrons. The van der Waals surface area contributed by atoms with E-state index in [4.69, 9.17) is 15.2 Å². The van der Waals surface area contributed by atoms with Gasteiger partial charge in [0.05, 0.1) is 19.8 Å². The molecular weight excluding hydrogens is 352 g/mol. The Labute approximate surface area is 167 Å². The summed E-state index contributed by atoms with van der Waals surface area (Å²) in [6.45, 7) is 3.09. The van der Waals surface area contributed by atoms with Gasteiger partial charge in [-0.1, -0.05) is 12.1 Å². The molecule has 0 atom stereocenters. The van der Waals surface area contributed by atoms with Gasteiger partial charge in [0.25, 0.3) is 0 Å². The Bertz CT molecular complexity index is 798. The molecule has 5 heteroatoms. The SMILES string of the molecule is COc1ccc(C(=O)CCCN2CCC(c3cccc(N)c3)CC2)c(OC)c1. The van der Waals surface area contributed by atoms with Gasteiger partial charge in [0.1, 0.15) is 11.5 Å². The molecule has 0 bridgehead atoms. The van der Waals surface area contributed by atoms with Crippen LogP contribution in [0, 0.1) is 0 Å². The van der Waals surface area contributed by atoms with E-state index in [1.54, 1.807) is 32.4 Å². The summed E-state index contributed by atoms with van der Waals surface area (Å²) < 4.78 is 10.5. The van der Waals surface area contributed by atoms with Crippen molar-refractivity contribution in [2.24, 2.45) is 0 Å². The number of Topliss-reactive ketones (excluding diaryl/α,β-unsaturated/α-hetero) is 1. The lowest BCUT2D eigenvalue weighted by molar-refractivity contribution is 0.0969. The summed E-state index contributed by atoms with van der Waals surface area (Å²) >= 11 is 0. The Morgan fingerprint density at radius 1 is 1.11 bits per heavy atom. The van der Waals surface area contributed by atoms with Crippen LogP contribution in [0.1, 0.15) is 47.5 Å². The van der Waals surface area contributed by atoms with E-state index < -0.39 is 0 Å². The number of ketones is 1. The van der Waals surface area contributed by atoms with Gasteiger partial charge in [-0.25, -0.2) is 0 Å². The van der Waals surface area contributed by atoms with Gasteiger partial charge in [-0.05, 0) is 74.6 Å². The van der Waals surface area contributed by atoms with Crippen molar-refractivity contribution >= 4 is 11.5 Å². The summed E-state index contributed by atoms with van der Waals surface area (Å²) in [7, 11) is 3.18. The van der Waals surface area contributed by atoms with Gasteiger partial charge in [-0.2, -0.15) is 0 Å². The lowest BCUT2D eigenvalue weighted by Crippen LogP contribution is -2.33. The number of nitrogen functional groups attached to an aromatic ring is 1. The van der Waals surface area contributed by atoms with Crippen molar-refractivity contribution in [2.75, 3.05) is 39.6 Å². The Morgan fingerprint density at radius 3 is 2.57 bits per heavy atom. The molecule has 0 spiro atoms. The molecule has 28 heavy (non-hydrogen) atoms. The molecule has 2 N–H and O–H groups in total. The predicted molar refractivity (Wildman–Crippen MR) is 112 cm³/mol. The Balaban J connectivity index is 1.45. The van der Waals surface area contributed by atoms with Gasteiger partial charge < -0.3 is 20.1 Å². The zero-order valence-corrected chi connectivity index (χ0v) is 16.8. The number of hydrogen-bond acceptors (Lipinski definition) is 5. The smallest absolute Gasteiger partial charge is 0.166 e. The minimum Gasteiger partial charge on any atom is -0.497 e. The minimum atomic E-state index is 0.120. The number of nitrogens with zero attached hydrogens (tertiary/aromatic N) is 1. The van der Waals surface area contributed by atoms with E-state index in [0.717, 1.165) is 44.6 Å². The molecule has 0 saturated carbocycles. The molecule has 1 aliphatic rings. The maximum atomic E-state index is 12.6. The van der Waals surface area contributed by atoms with Gasteiger partial charge in [-0.3, -0.25) is 4.79 Å². The van der Waals surface area contributed by atoms with Crippen molar-refractivity contribution in [3.05, 3.63) is 53.6 Å². The van der Waals surface area contributed by atoms with Gasteiger partial charge in [0, 0.05) is 18.2 Å². The summed E-state index contributed by atoms with van der Waals surface area (Å²) in [5, 5.41) is 0. The van der Waals surface area contributed by atoms with E-state index >= 15 is 0 Å². The van der Waals surface area contributed by atoms with Crippen LogP contribution in [-0.2, 0) is 0 Å². The molecule has 2 aromatic rings. The van der Waals surface area contributed by atoms with Crippen molar-refractivity contribution in [3.8, 4) is 11.5 Å². The van der Waals surface area contributed by atoms with E-state index in [9.17, 15) is 4.79 Å². The van der Waals surface area contributed by atoms with Gasteiger partial charge in [-0.15, -0.1) is 0 Å². The maximum absolute atomic E-state index is 12.6. The first-order chi connectivity index (χ1) is 13.6. The zero-order valence-electron chi connectivity index (χ0n) is 16.8. The third kappa shape index (κ3) is 5.04. The van der Waals surface area contributed by atoms with Gasteiger partial charge in [0.2, 0.25) is 0 Å². The van der Waals surface area contributed by atoms with Crippen LogP contribution in [0.5, 0.6) is 11.5 Å². The van der Waals surface area contributed by atoms with Crippen LogP contribution in [0.15, 0.2) is 42.5 Å².